The van der Waals surface area contributed by atoms with Crippen molar-refractivity contribution in [2.45, 2.75) is 19.4 Å². The molecular weight excluding hydrogens is 268 g/mol. The van der Waals surface area contributed by atoms with Gasteiger partial charge in [0.15, 0.2) is 17.3 Å². The van der Waals surface area contributed by atoms with Gasteiger partial charge in [-0.25, -0.2) is 0 Å². The van der Waals surface area contributed by atoms with E-state index in [0.717, 1.165) is 40.4 Å². The second-order valence-corrected chi connectivity index (χ2v) is 5.18. The summed E-state index contributed by atoms with van der Waals surface area (Å²) in [6, 6.07) is 11.4. The molecule has 2 aromatic carbocycles. The standard InChI is InChI=1S/C17H14O4/c18-14-6-5-13-12(14)2-1-3-15(13)19-9-11-4-7-16-17(8-11)21-10-20-16/h1-4,7-8H,5-6,9-10H2. The van der Waals surface area contributed by atoms with Gasteiger partial charge in [0.05, 0.1) is 0 Å². The lowest BCUT2D eigenvalue weighted by Crippen LogP contribution is -1.99. The third kappa shape index (κ3) is 2.13. The average Bonchev–Trinajstić information content (AvgIpc) is 3.12. The van der Waals surface area contributed by atoms with E-state index in [9.17, 15) is 4.79 Å². The first-order valence-corrected chi connectivity index (χ1v) is 6.98. The first-order chi connectivity index (χ1) is 10.3. The van der Waals surface area contributed by atoms with Gasteiger partial charge in [-0.3, -0.25) is 4.79 Å². The highest BCUT2D eigenvalue weighted by atomic mass is 16.7. The van der Waals surface area contributed by atoms with Gasteiger partial charge < -0.3 is 14.2 Å². The fourth-order valence-corrected chi connectivity index (χ4v) is 2.79. The van der Waals surface area contributed by atoms with Gasteiger partial charge in [0.2, 0.25) is 6.79 Å². The van der Waals surface area contributed by atoms with E-state index in [0.29, 0.717) is 13.0 Å². The summed E-state index contributed by atoms with van der Waals surface area (Å²) in [6.07, 6.45) is 1.35. The Hall–Kier alpha value is -2.49. The van der Waals surface area contributed by atoms with Crippen LogP contribution < -0.4 is 14.2 Å². The molecule has 1 heterocycles. The molecule has 1 aliphatic heterocycles. The molecule has 4 rings (SSSR count). The van der Waals surface area contributed by atoms with Crippen LogP contribution in [-0.2, 0) is 13.0 Å². The molecule has 0 atom stereocenters. The van der Waals surface area contributed by atoms with Crippen LogP contribution in [0, 0.1) is 0 Å². The van der Waals surface area contributed by atoms with Crippen LogP contribution in [0.25, 0.3) is 0 Å². The number of Topliss-reactive ketones (excluding diaryl/α,β-unsaturated/α-hetero) is 1. The zero-order valence-electron chi connectivity index (χ0n) is 11.4. The SMILES string of the molecule is O=C1CCc2c(OCc3ccc4c(c3)OCO4)cccc21. The summed E-state index contributed by atoms with van der Waals surface area (Å²) in [5.74, 6) is 2.53. The first-order valence-electron chi connectivity index (χ1n) is 6.98. The Morgan fingerprint density at radius 1 is 1.05 bits per heavy atom. The summed E-state index contributed by atoms with van der Waals surface area (Å²) in [5.41, 5.74) is 2.85. The fourth-order valence-electron chi connectivity index (χ4n) is 2.79. The second-order valence-electron chi connectivity index (χ2n) is 5.18. The molecule has 106 valence electrons. The van der Waals surface area contributed by atoms with Crippen molar-refractivity contribution >= 4 is 5.78 Å². The number of carbonyl (C=O) groups is 1. The highest BCUT2D eigenvalue weighted by molar-refractivity contribution is 6.01. The Morgan fingerprint density at radius 2 is 1.95 bits per heavy atom. The van der Waals surface area contributed by atoms with Crippen molar-refractivity contribution < 1.29 is 19.0 Å². The maximum absolute atomic E-state index is 11.7. The van der Waals surface area contributed by atoms with E-state index in [4.69, 9.17) is 14.2 Å². The summed E-state index contributed by atoms with van der Waals surface area (Å²) < 4.78 is 16.5. The van der Waals surface area contributed by atoms with Gasteiger partial charge in [0, 0.05) is 17.5 Å². The number of hydrogen-bond donors (Lipinski definition) is 0. The molecule has 4 nitrogen and oxygen atoms in total. The van der Waals surface area contributed by atoms with Crippen molar-refractivity contribution in [3.63, 3.8) is 0 Å². The van der Waals surface area contributed by atoms with Crippen LogP contribution in [0.1, 0.15) is 27.9 Å². The summed E-state index contributed by atoms with van der Waals surface area (Å²) >= 11 is 0. The van der Waals surface area contributed by atoms with Crippen LogP contribution in [0.3, 0.4) is 0 Å². The minimum atomic E-state index is 0.207. The molecule has 0 saturated heterocycles. The minimum Gasteiger partial charge on any atom is -0.489 e. The first kappa shape index (κ1) is 12.3. The normalized spacial score (nSPS) is 15.1. The monoisotopic (exact) mass is 282 g/mol. The Kier molecular flexibility index (Phi) is 2.81. The highest BCUT2D eigenvalue weighted by Gasteiger charge is 2.22. The fraction of sp³-hybridized carbons (Fsp3) is 0.235. The number of ether oxygens (including phenoxy) is 3. The Balaban J connectivity index is 1.54. The molecular formula is C17H14O4. The number of hydrogen-bond acceptors (Lipinski definition) is 4. The quantitative estimate of drug-likeness (QED) is 0.867. The van der Waals surface area contributed by atoms with E-state index < -0.39 is 0 Å². The molecule has 0 radical (unpaired) electrons. The molecule has 0 N–H and O–H groups in total. The predicted octanol–water partition coefficient (Wildman–Crippen LogP) is 3.12. The van der Waals surface area contributed by atoms with Gasteiger partial charge in [-0.1, -0.05) is 18.2 Å². The molecule has 0 unspecified atom stereocenters. The average molecular weight is 282 g/mol. The predicted molar refractivity (Wildman–Crippen MR) is 76.0 cm³/mol. The van der Waals surface area contributed by atoms with Crippen LogP contribution in [-0.4, -0.2) is 12.6 Å². The third-order valence-electron chi connectivity index (χ3n) is 3.87. The summed E-state index contributed by atoms with van der Waals surface area (Å²) in [5, 5.41) is 0. The van der Waals surface area contributed by atoms with Gasteiger partial charge in [0.1, 0.15) is 12.4 Å². The zero-order valence-corrected chi connectivity index (χ0v) is 11.4. The lowest BCUT2D eigenvalue weighted by molar-refractivity contribution is 0.0994. The van der Waals surface area contributed by atoms with Crippen molar-refractivity contribution in [1.29, 1.82) is 0 Å². The Morgan fingerprint density at radius 3 is 2.90 bits per heavy atom. The van der Waals surface area contributed by atoms with E-state index in [-0.39, 0.29) is 12.6 Å². The summed E-state index contributed by atoms with van der Waals surface area (Å²) in [4.78, 5) is 11.7. The Labute approximate surface area is 122 Å². The van der Waals surface area contributed by atoms with Crippen LogP contribution in [0.4, 0.5) is 0 Å². The zero-order chi connectivity index (χ0) is 14.2. The maximum atomic E-state index is 11.7. The lowest BCUT2D eigenvalue weighted by Gasteiger charge is -2.10. The van der Waals surface area contributed by atoms with Gasteiger partial charge in [-0.15, -0.1) is 0 Å². The van der Waals surface area contributed by atoms with Gasteiger partial charge in [-0.05, 0) is 30.2 Å². The number of rotatable bonds is 3. The molecule has 1 aliphatic carbocycles. The van der Waals surface area contributed by atoms with Crippen molar-refractivity contribution in [2.75, 3.05) is 6.79 Å². The van der Waals surface area contributed by atoms with Crippen molar-refractivity contribution in [2.24, 2.45) is 0 Å². The molecule has 0 fully saturated rings. The topological polar surface area (TPSA) is 44.8 Å². The largest absolute Gasteiger partial charge is 0.489 e. The van der Waals surface area contributed by atoms with Crippen molar-refractivity contribution in [3.8, 4) is 17.2 Å². The molecule has 4 heteroatoms. The van der Waals surface area contributed by atoms with E-state index in [2.05, 4.69) is 0 Å². The number of fused-ring (bicyclic) bond motifs is 2. The van der Waals surface area contributed by atoms with Crippen molar-refractivity contribution in [3.05, 3.63) is 53.1 Å². The van der Waals surface area contributed by atoms with Crippen LogP contribution in [0.5, 0.6) is 17.2 Å². The lowest BCUT2D eigenvalue weighted by atomic mass is 10.1. The third-order valence-corrected chi connectivity index (χ3v) is 3.87. The Bertz CT molecular complexity index is 721. The molecule has 21 heavy (non-hydrogen) atoms. The van der Waals surface area contributed by atoms with E-state index in [1.807, 2.05) is 36.4 Å². The smallest absolute Gasteiger partial charge is 0.231 e. The molecule has 0 saturated carbocycles. The van der Waals surface area contributed by atoms with E-state index in [1.165, 1.54) is 0 Å². The molecule has 0 spiro atoms. The van der Waals surface area contributed by atoms with Crippen LogP contribution >= 0.6 is 0 Å². The summed E-state index contributed by atoms with van der Waals surface area (Å²) in [7, 11) is 0. The van der Waals surface area contributed by atoms with Gasteiger partial charge in [0.25, 0.3) is 0 Å². The van der Waals surface area contributed by atoms with Gasteiger partial charge >= 0.3 is 0 Å². The minimum absolute atomic E-state index is 0.207. The number of carbonyl (C=O) groups excluding carboxylic acids is 1. The molecule has 0 bridgehead atoms. The molecule has 2 aliphatic rings. The second kappa shape index (κ2) is 4.81. The molecule has 0 amide bonds. The van der Waals surface area contributed by atoms with Crippen LogP contribution in [0.15, 0.2) is 36.4 Å². The summed E-state index contributed by atoms with van der Waals surface area (Å²) in [6.45, 7) is 0.717. The molecule has 0 aromatic heterocycles. The van der Waals surface area contributed by atoms with Gasteiger partial charge in [-0.2, -0.15) is 0 Å². The number of benzene rings is 2. The van der Waals surface area contributed by atoms with E-state index in [1.54, 1.807) is 0 Å². The highest BCUT2D eigenvalue weighted by Crippen LogP contribution is 2.34. The van der Waals surface area contributed by atoms with Crippen LogP contribution in [0.2, 0.25) is 0 Å². The maximum Gasteiger partial charge on any atom is 0.231 e. The van der Waals surface area contributed by atoms with E-state index >= 15 is 0 Å². The molecule has 2 aromatic rings. The number of ketones is 1. The van der Waals surface area contributed by atoms with Crippen molar-refractivity contribution in [1.82, 2.24) is 0 Å².